The number of rotatable bonds is 22. The quantitative estimate of drug-likeness (QED) is 0.110. The summed E-state index contributed by atoms with van der Waals surface area (Å²) in [7, 11) is -2.03. The molecule has 1 fully saturated rings. The number of ether oxygens (including phenoxy) is 2. The summed E-state index contributed by atoms with van der Waals surface area (Å²) < 4.78 is 19.9. The third-order valence-corrected chi connectivity index (χ3v) is 13.8. The van der Waals surface area contributed by atoms with Crippen LogP contribution in [0.25, 0.3) is 0 Å². The Morgan fingerprint density at radius 1 is 0.750 bits per heavy atom. The fourth-order valence-electron chi connectivity index (χ4n) is 5.57. The van der Waals surface area contributed by atoms with Crippen molar-refractivity contribution in [1.29, 1.82) is 0 Å². The van der Waals surface area contributed by atoms with Crippen molar-refractivity contribution < 1.29 is 19.0 Å². The molecule has 0 spiro atoms. The lowest BCUT2D eigenvalue weighted by Crippen LogP contribution is -2.49. The van der Waals surface area contributed by atoms with Crippen LogP contribution in [0.15, 0.2) is 30.3 Å². The van der Waals surface area contributed by atoms with Gasteiger partial charge in [0.1, 0.15) is 6.10 Å². The van der Waals surface area contributed by atoms with Crippen LogP contribution in [-0.2, 0) is 20.5 Å². The number of benzene rings is 1. The molecule has 1 aliphatic carbocycles. The van der Waals surface area contributed by atoms with Crippen molar-refractivity contribution in [2.24, 2.45) is 5.92 Å². The van der Waals surface area contributed by atoms with E-state index in [4.69, 9.17) is 13.9 Å². The number of hydrogen-bond acceptors (Lipinski definition) is 4. The fourth-order valence-corrected chi connectivity index (χ4v) is 6.93. The zero-order valence-corrected chi connectivity index (χ0v) is 28.1. The highest BCUT2D eigenvalue weighted by Crippen LogP contribution is 2.42. The van der Waals surface area contributed by atoms with E-state index in [2.05, 4.69) is 65.1 Å². The topological polar surface area (TPSA) is 47.9 Å². The predicted octanol–water partition coefficient (Wildman–Crippen LogP) is 9.84. The second kappa shape index (κ2) is 19.5. The summed E-state index contributed by atoms with van der Waals surface area (Å²) >= 11 is 0. The van der Waals surface area contributed by atoms with E-state index in [1.54, 1.807) is 0 Å². The molecule has 0 bridgehead atoms. The molecule has 1 aromatic rings. The molecule has 2 rings (SSSR count). The molecule has 40 heavy (non-hydrogen) atoms. The molecule has 0 unspecified atom stereocenters. The fraction of sp³-hybridized carbons (Fsp3) is 0.829. The minimum Gasteiger partial charge on any atom is -0.411 e. The maximum absolute atomic E-state index is 10.3. The van der Waals surface area contributed by atoms with E-state index >= 15 is 0 Å². The molecule has 1 aliphatic rings. The summed E-state index contributed by atoms with van der Waals surface area (Å²) in [6.45, 7) is 15.1. The van der Waals surface area contributed by atoms with Gasteiger partial charge in [-0.1, -0.05) is 141 Å². The molecule has 4 nitrogen and oxygen atoms in total. The third kappa shape index (κ3) is 13.1. The maximum atomic E-state index is 10.3. The van der Waals surface area contributed by atoms with E-state index < -0.39 is 8.32 Å². The first-order chi connectivity index (χ1) is 19.2. The van der Waals surface area contributed by atoms with E-state index in [0.717, 1.165) is 25.0 Å². The maximum Gasteiger partial charge on any atom is 0.192 e. The molecule has 0 aromatic heterocycles. The summed E-state index contributed by atoms with van der Waals surface area (Å²) in [6, 6.07) is 10.3. The van der Waals surface area contributed by atoms with Crippen molar-refractivity contribution in [1.82, 2.24) is 0 Å². The Kier molecular flexibility index (Phi) is 17.3. The van der Waals surface area contributed by atoms with Crippen LogP contribution in [0.2, 0.25) is 18.1 Å². The minimum absolute atomic E-state index is 0.0300. The first-order valence-corrected chi connectivity index (χ1v) is 19.7. The van der Waals surface area contributed by atoms with Crippen LogP contribution in [0.1, 0.15) is 130 Å². The van der Waals surface area contributed by atoms with Crippen LogP contribution in [0, 0.1) is 5.92 Å². The minimum atomic E-state index is -2.03. The standard InChI is InChI=1S/C35H64O4Si/c1-7-8-9-10-11-12-13-14-15-16-17-18-19-23-26-37-32-27-31(28-36)33(39-40(5,6)35(2,3)4)34(32)38-29-30-24-21-20-22-25-30/h20-22,24-25,31-34,36H,7-19,23,26-29H2,1-6H3/t31-,32+,33-,34-/m1/s1. The first-order valence-electron chi connectivity index (χ1n) is 16.8. The molecule has 0 radical (unpaired) electrons. The molecule has 1 N–H and O–H groups in total. The summed E-state index contributed by atoms with van der Waals surface area (Å²) in [5.74, 6) is 0.0521. The molecule has 4 atom stereocenters. The summed E-state index contributed by atoms with van der Waals surface area (Å²) in [5, 5.41) is 10.4. The molecule has 5 heteroatoms. The number of aliphatic hydroxyl groups excluding tert-OH is 1. The van der Waals surface area contributed by atoms with Gasteiger partial charge in [-0.3, -0.25) is 0 Å². The lowest BCUT2D eigenvalue weighted by molar-refractivity contribution is -0.0988. The van der Waals surface area contributed by atoms with Gasteiger partial charge < -0.3 is 19.0 Å². The third-order valence-electron chi connectivity index (χ3n) is 9.28. The van der Waals surface area contributed by atoms with Gasteiger partial charge in [-0.2, -0.15) is 0 Å². The van der Waals surface area contributed by atoms with Crippen LogP contribution < -0.4 is 0 Å². The van der Waals surface area contributed by atoms with Gasteiger partial charge in [0.05, 0.1) is 18.8 Å². The predicted molar refractivity (Wildman–Crippen MR) is 172 cm³/mol. The van der Waals surface area contributed by atoms with Gasteiger partial charge in [-0.05, 0) is 36.5 Å². The molecule has 0 aliphatic heterocycles. The summed E-state index contributed by atoms with van der Waals surface area (Å²) in [6.07, 6.45) is 19.5. The SMILES string of the molecule is CCCCCCCCCCCCCCCCO[C@H]1C[C@H](CO)[C@@H](O[Si](C)(C)C(C)(C)C)[C@@H]1OCc1ccccc1. The number of aliphatic hydroxyl groups is 1. The van der Waals surface area contributed by atoms with Crippen LogP contribution >= 0.6 is 0 Å². The largest absolute Gasteiger partial charge is 0.411 e. The van der Waals surface area contributed by atoms with Crippen LogP contribution in [-0.4, -0.2) is 44.9 Å². The lowest BCUT2D eigenvalue weighted by Gasteiger charge is -2.41. The summed E-state index contributed by atoms with van der Waals surface area (Å²) in [5.41, 5.74) is 1.16. The van der Waals surface area contributed by atoms with E-state index in [-0.39, 0.29) is 35.9 Å². The molecule has 0 heterocycles. The van der Waals surface area contributed by atoms with E-state index in [1.807, 2.05) is 6.07 Å². The van der Waals surface area contributed by atoms with Gasteiger partial charge in [0, 0.05) is 19.1 Å². The molecular weight excluding hydrogens is 512 g/mol. The average molecular weight is 577 g/mol. The average Bonchev–Trinajstić information content (AvgIpc) is 3.24. The van der Waals surface area contributed by atoms with Crippen LogP contribution in [0.3, 0.4) is 0 Å². The van der Waals surface area contributed by atoms with Gasteiger partial charge in [0.15, 0.2) is 8.32 Å². The lowest BCUT2D eigenvalue weighted by atomic mass is 10.0. The second-order valence-corrected chi connectivity index (χ2v) is 18.5. The highest BCUT2D eigenvalue weighted by atomic mass is 28.4. The Morgan fingerprint density at radius 2 is 1.27 bits per heavy atom. The van der Waals surface area contributed by atoms with Crippen molar-refractivity contribution in [3.8, 4) is 0 Å². The van der Waals surface area contributed by atoms with Gasteiger partial charge in [0.25, 0.3) is 0 Å². The van der Waals surface area contributed by atoms with Crippen LogP contribution in [0.5, 0.6) is 0 Å². The Bertz CT molecular complexity index is 748. The van der Waals surface area contributed by atoms with Crippen molar-refractivity contribution in [3.63, 3.8) is 0 Å². The van der Waals surface area contributed by atoms with Crippen molar-refractivity contribution in [2.75, 3.05) is 13.2 Å². The van der Waals surface area contributed by atoms with E-state index in [1.165, 1.54) is 83.5 Å². The summed E-state index contributed by atoms with van der Waals surface area (Å²) in [4.78, 5) is 0. The Morgan fingerprint density at radius 3 is 1.77 bits per heavy atom. The smallest absolute Gasteiger partial charge is 0.192 e. The van der Waals surface area contributed by atoms with Gasteiger partial charge >= 0.3 is 0 Å². The molecule has 1 aromatic carbocycles. The number of unbranched alkanes of at least 4 members (excludes halogenated alkanes) is 13. The second-order valence-electron chi connectivity index (χ2n) is 13.8. The first kappa shape index (κ1) is 35.5. The normalized spacial score (nSPS) is 21.8. The van der Waals surface area contributed by atoms with Crippen LogP contribution in [0.4, 0.5) is 0 Å². The van der Waals surface area contributed by atoms with Crippen molar-refractivity contribution in [3.05, 3.63) is 35.9 Å². The highest BCUT2D eigenvalue weighted by Gasteiger charge is 2.50. The molecule has 0 amide bonds. The number of hydrogen-bond donors (Lipinski definition) is 1. The zero-order chi connectivity index (χ0) is 29.3. The highest BCUT2D eigenvalue weighted by molar-refractivity contribution is 6.74. The van der Waals surface area contributed by atoms with Gasteiger partial charge in [0.2, 0.25) is 0 Å². The molecule has 0 saturated heterocycles. The van der Waals surface area contributed by atoms with Gasteiger partial charge in [-0.15, -0.1) is 0 Å². The molecule has 1 saturated carbocycles. The Labute approximate surface area is 249 Å². The van der Waals surface area contributed by atoms with E-state index in [0.29, 0.717) is 6.61 Å². The molecular formula is C35H64O4Si. The monoisotopic (exact) mass is 576 g/mol. The van der Waals surface area contributed by atoms with Crippen molar-refractivity contribution >= 4 is 8.32 Å². The Hall–Kier alpha value is -0.723. The Balaban J connectivity index is 1.74. The van der Waals surface area contributed by atoms with E-state index in [9.17, 15) is 5.11 Å². The van der Waals surface area contributed by atoms with Gasteiger partial charge in [-0.25, -0.2) is 0 Å². The van der Waals surface area contributed by atoms with Crippen molar-refractivity contribution in [2.45, 2.75) is 167 Å². The zero-order valence-electron chi connectivity index (χ0n) is 27.1. The molecule has 232 valence electrons.